The lowest BCUT2D eigenvalue weighted by atomic mass is 10.2. The van der Waals surface area contributed by atoms with Crippen LogP contribution in [-0.2, 0) is 4.79 Å². The third kappa shape index (κ3) is 5.49. The van der Waals surface area contributed by atoms with Gasteiger partial charge in [-0.3, -0.25) is 4.79 Å². The van der Waals surface area contributed by atoms with E-state index in [0.29, 0.717) is 11.5 Å². The molecular formula is C21H18N2O3. The van der Waals surface area contributed by atoms with E-state index in [9.17, 15) is 4.79 Å². The van der Waals surface area contributed by atoms with E-state index >= 15 is 0 Å². The third-order valence-corrected chi connectivity index (χ3v) is 3.35. The van der Waals surface area contributed by atoms with E-state index in [4.69, 9.17) is 9.47 Å². The normalized spacial score (nSPS) is 10.5. The molecule has 0 heterocycles. The first-order chi connectivity index (χ1) is 12.8. The molecule has 3 rings (SSSR count). The monoisotopic (exact) mass is 346 g/mol. The fourth-order valence-corrected chi connectivity index (χ4v) is 2.16. The Kier molecular flexibility index (Phi) is 5.99. The van der Waals surface area contributed by atoms with Gasteiger partial charge >= 0.3 is 0 Å². The van der Waals surface area contributed by atoms with Crippen LogP contribution in [0.25, 0.3) is 0 Å². The van der Waals surface area contributed by atoms with Crippen molar-refractivity contribution in [3.63, 3.8) is 0 Å². The minimum absolute atomic E-state index is 0.0987. The highest BCUT2D eigenvalue weighted by Gasteiger charge is 2.01. The minimum Gasteiger partial charge on any atom is -0.484 e. The number of carbonyl (C=O) groups excluding carboxylic acids is 1. The molecule has 0 fully saturated rings. The quantitative estimate of drug-likeness (QED) is 0.519. The number of ether oxygens (including phenoxy) is 2. The van der Waals surface area contributed by atoms with E-state index in [2.05, 4.69) is 10.5 Å². The molecule has 0 saturated carbocycles. The molecule has 130 valence electrons. The predicted octanol–water partition coefficient (Wildman–Crippen LogP) is 4.01. The van der Waals surface area contributed by atoms with Gasteiger partial charge in [-0.25, -0.2) is 5.43 Å². The summed E-state index contributed by atoms with van der Waals surface area (Å²) in [6.07, 6.45) is 1.55. The van der Waals surface area contributed by atoms with Gasteiger partial charge in [0.2, 0.25) is 0 Å². The summed E-state index contributed by atoms with van der Waals surface area (Å²) < 4.78 is 11.1. The van der Waals surface area contributed by atoms with Crippen molar-refractivity contribution in [2.45, 2.75) is 0 Å². The molecule has 0 saturated heterocycles. The topological polar surface area (TPSA) is 59.9 Å². The minimum atomic E-state index is -0.332. The number of benzene rings is 3. The van der Waals surface area contributed by atoms with Gasteiger partial charge in [-0.15, -0.1) is 0 Å². The van der Waals surface area contributed by atoms with Gasteiger partial charge in [-0.2, -0.15) is 5.10 Å². The van der Waals surface area contributed by atoms with Crippen LogP contribution in [0.15, 0.2) is 90.0 Å². The molecule has 3 aromatic rings. The molecule has 1 N–H and O–H groups in total. The fourth-order valence-electron chi connectivity index (χ4n) is 2.16. The molecule has 0 aromatic heterocycles. The number of nitrogens with zero attached hydrogens (tertiary/aromatic N) is 1. The lowest BCUT2D eigenvalue weighted by Crippen LogP contribution is -2.24. The lowest BCUT2D eigenvalue weighted by molar-refractivity contribution is -0.123. The number of amides is 1. The molecule has 0 spiro atoms. The summed E-state index contributed by atoms with van der Waals surface area (Å²) >= 11 is 0. The molecule has 0 aliphatic rings. The zero-order chi connectivity index (χ0) is 18.0. The Morgan fingerprint density at radius 1 is 0.846 bits per heavy atom. The molecule has 0 aliphatic carbocycles. The van der Waals surface area contributed by atoms with Crippen LogP contribution in [-0.4, -0.2) is 18.7 Å². The smallest absolute Gasteiger partial charge is 0.277 e. The van der Waals surface area contributed by atoms with Crippen LogP contribution in [0.1, 0.15) is 5.56 Å². The Morgan fingerprint density at radius 3 is 2.23 bits per heavy atom. The first-order valence-corrected chi connectivity index (χ1v) is 8.12. The van der Waals surface area contributed by atoms with E-state index in [1.165, 1.54) is 0 Å². The second kappa shape index (κ2) is 9.03. The van der Waals surface area contributed by atoms with Crippen LogP contribution in [0.5, 0.6) is 17.2 Å². The Hall–Kier alpha value is -3.60. The van der Waals surface area contributed by atoms with Gasteiger partial charge in [-0.1, -0.05) is 48.5 Å². The van der Waals surface area contributed by atoms with Gasteiger partial charge in [0, 0.05) is 0 Å². The molecule has 0 bridgehead atoms. The standard InChI is InChI=1S/C21H18N2O3/c24-21(16-25-18-9-3-1-4-10-18)23-22-15-17-8-7-13-20(14-17)26-19-11-5-2-6-12-19/h1-15H,16H2,(H,23,24). The highest BCUT2D eigenvalue weighted by atomic mass is 16.5. The van der Waals surface area contributed by atoms with Gasteiger partial charge in [0.25, 0.3) is 5.91 Å². The zero-order valence-corrected chi connectivity index (χ0v) is 14.0. The molecule has 0 atom stereocenters. The average Bonchev–Trinajstić information content (AvgIpc) is 2.68. The summed E-state index contributed by atoms with van der Waals surface area (Å²) in [7, 11) is 0. The maximum absolute atomic E-state index is 11.7. The van der Waals surface area contributed by atoms with Crippen LogP contribution in [0, 0.1) is 0 Å². The van der Waals surface area contributed by atoms with Crippen molar-refractivity contribution in [3.8, 4) is 17.2 Å². The van der Waals surface area contributed by atoms with Gasteiger partial charge in [-0.05, 0) is 42.0 Å². The fraction of sp³-hybridized carbons (Fsp3) is 0.0476. The highest BCUT2D eigenvalue weighted by molar-refractivity contribution is 5.83. The summed E-state index contributed by atoms with van der Waals surface area (Å²) in [5.41, 5.74) is 3.24. The number of hydrazone groups is 1. The van der Waals surface area contributed by atoms with Gasteiger partial charge in [0.05, 0.1) is 6.21 Å². The maximum atomic E-state index is 11.7. The second-order valence-corrected chi connectivity index (χ2v) is 5.38. The first-order valence-electron chi connectivity index (χ1n) is 8.12. The lowest BCUT2D eigenvalue weighted by Gasteiger charge is -2.06. The Bertz CT molecular complexity index is 865. The number of hydrogen-bond donors (Lipinski definition) is 1. The Labute approximate surface area is 151 Å². The van der Waals surface area contributed by atoms with Gasteiger partial charge < -0.3 is 9.47 Å². The van der Waals surface area contributed by atoms with Gasteiger partial charge in [0.1, 0.15) is 17.2 Å². The summed E-state index contributed by atoms with van der Waals surface area (Å²) in [4.78, 5) is 11.7. The Balaban J connectivity index is 1.50. The SMILES string of the molecule is O=C(COc1ccccc1)NN=Cc1cccc(Oc2ccccc2)c1. The number of nitrogens with one attached hydrogen (secondary N) is 1. The number of rotatable bonds is 7. The molecule has 0 aliphatic heterocycles. The van der Waals surface area contributed by atoms with Crippen LogP contribution in [0.3, 0.4) is 0 Å². The van der Waals surface area contributed by atoms with Crippen LogP contribution >= 0.6 is 0 Å². The van der Waals surface area contributed by atoms with E-state index < -0.39 is 0 Å². The summed E-state index contributed by atoms with van der Waals surface area (Å²) in [6, 6.07) is 26.1. The van der Waals surface area contributed by atoms with Crippen molar-refractivity contribution in [3.05, 3.63) is 90.5 Å². The first kappa shape index (κ1) is 17.2. The summed E-state index contributed by atoms with van der Waals surface area (Å²) in [6.45, 7) is -0.0987. The van der Waals surface area contributed by atoms with Crippen molar-refractivity contribution in [2.24, 2.45) is 5.10 Å². The molecule has 1 amide bonds. The molecular weight excluding hydrogens is 328 g/mol. The van der Waals surface area contributed by atoms with E-state index in [1.54, 1.807) is 18.3 Å². The van der Waals surface area contributed by atoms with E-state index in [0.717, 1.165) is 11.3 Å². The molecule has 5 nitrogen and oxygen atoms in total. The van der Waals surface area contributed by atoms with Crippen molar-refractivity contribution in [1.82, 2.24) is 5.43 Å². The van der Waals surface area contributed by atoms with Crippen molar-refractivity contribution in [2.75, 3.05) is 6.61 Å². The third-order valence-electron chi connectivity index (χ3n) is 3.35. The van der Waals surface area contributed by atoms with Crippen LogP contribution in [0.4, 0.5) is 0 Å². The Morgan fingerprint density at radius 2 is 1.50 bits per heavy atom. The predicted molar refractivity (Wildman–Crippen MR) is 101 cm³/mol. The van der Waals surface area contributed by atoms with E-state index in [-0.39, 0.29) is 12.5 Å². The van der Waals surface area contributed by atoms with Gasteiger partial charge in [0.15, 0.2) is 6.61 Å². The zero-order valence-electron chi connectivity index (χ0n) is 14.0. The number of para-hydroxylation sites is 2. The summed E-state index contributed by atoms with van der Waals surface area (Å²) in [5, 5.41) is 3.94. The second-order valence-electron chi connectivity index (χ2n) is 5.38. The number of carbonyl (C=O) groups is 1. The summed E-state index contributed by atoms with van der Waals surface area (Å²) in [5.74, 6) is 1.76. The largest absolute Gasteiger partial charge is 0.484 e. The van der Waals surface area contributed by atoms with Crippen molar-refractivity contribution >= 4 is 12.1 Å². The van der Waals surface area contributed by atoms with Crippen LogP contribution < -0.4 is 14.9 Å². The molecule has 0 unspecified atom stereocenters. The highest BCUT2D eigenvalue weighted by Crippen LogP contribution is 2.21. The molecule has 26 heavy (non-hydrogen) atoms. The molecule has 3 aromatic carbocycles. The maximum Gasteiger partial charge on any atom is 0.277 e. The molecule has 5 heteroatoms. The van der Waals surface area contributed by atoms with E-state index in [1.807, 2.05) is 72.8 Å². The van der Waals surface area contributed by atoms with Crippen LogP contribution in [0.2, 0.25) is 0 Å². The molecule has 0 radical (unpaired) electrons. The number of hydrogen-bond acceptors (Lipinski definition) is 4. The average molecular weight is 346 g/mol. The van der Waals surface area contributed by atoms with Crippen molar-refractivity contribution in [1.29, 1.82) is 0 Å². The van der Waals surface area contributed by atoms with Crippen molar-refractivity contribution < 1.29 is 14.3 Å².